The van der Waals surface area contributed by atoms with E-state index in [1.54, 1.807) is 6.20 Å². The molecule has 4 rings (SSSR count). The smallest absolute Gasteiger partial charge is 0.137 e. The fraction of sp³-hybridized carbons (Fsp3) is 0. The summed E-state index contributed by atoms with van der Waals surface area (Å²) in [5, 5.41) is 0. The fourth-order valence-electron chi connectivity index (χ4n) is 2.57. The van der Waals surface area contributed by atoms with Crippen molar-refractivity contribution in [1.82, 2.24) is 14.5 Å². The predicted molar refractivity (Wildman–Crippen MR) is 97.0 cm³/mol. The number of aromatic amines is 1. The van der Waals surface area contributed by atoms with Crippen molar-refractivity contribution < 1.29 is 0 Å². The number of nitrogens with one attached hydrogen (secondary N) is 1. The van der Waals surface area contributed by atoms with E-state index < -0.39 is 0 Å². The monoisotopic (exact) mass is 312 g/mol. The van der Waals surface area contributed by atoms with E-state index in [0.29, 0.717) is 0 Å². The van der Waals surface area contributed by atoms with Gasteiger partial charge in [0.15, 0.2) is 0 Å². The van der Waals surface area contributed by atoms with E-state index >= 15 is 0 Å². The Morgan fingerprint density at radius 2 is 1.62 bits per heavy atom. The fourth-order valence-corrected chi connectivity index (χ4v) is 2.57. The maximum absolute atomic E-state index is 4.62. The Morgan fingerprint density at radius 1 is 0.875 bits per heavy atom. The van der Waals surface area contributed by atoms with Crippen molar-refractivity contribution in [3.63, 3.8) is 0 Å². The summed E-state index contributed by atoms with van der Waals surface area (Å²) in [6.45, 7) is 0. The average molecular weight is 312 g/mol. The number of hydrogen-bond acceptors (Lipinski definition) is 2. The first kappa shape index (κ1) is 14.2. The average Bonchev–Trinajstić information content (AvgIpc) is 3.33. The molecule has 0 aliphatic heterocycles. The van der Waals surface area contributed by atoms with Crippen LogP contribution in [-0.4, -0.2) is 20.7 Å². The lowest BCUT2D eigenvalue weighted by molar-refractivity contribution is 1.08. The van der Waals surface area contributed by atoms with Crippen LogP contribution in [0.4, 0.5) is 5.69 Å². The Kier molecular flexibility index (Phi) is 3.78. The summed E-state index contributed by atoms with van der Waals surface area (Å²) in [4.78, 5) is 12.3. The molecule has 0 bridgehead atoms. The molecule has 0 atom stereocenters. The van der Waals surface area contributed by atoms with Crippen LogP contribution in [0.25, 0.3) is 17.1 Å². The number of aliphatic imine (C=N–C) groups is 1. The van der Waals surface area contributed by atoms with E-state index in [1.807, 2.05) is 79.3 Å². The van der Waals surface area contributed by atoms with Gasteiger partial charge in [0, 0.05) is 18.0 Å². The van der Waals surface area contributed by atoms with Crippen molar-refractivity contribution in [2.24, 2.45) is 4.99 Å². The molecule has 0 saturated heterocycles. The maximum Gasteiger partial charge on any atom is 0.137 e. The minimum absolute atomic E-state index is 0.843. The van der Waals surface area contributed by atoms with Crippen molar-refractivity contribution in [3.8, 4) is 17.1 Å². The van der Waals surface area contributed by atoms with E-state index in [4.69, 9.17) is 0 Å². The van der Waals surface area contributed by atoms with Crippen LogP contribution in [0.15, 0.2) is 90.3 Å². The lowest BCUT2D eigenvalue weighted by atomic mass is 10.2. The van der Waals surface area contributed by atoms with Crippen LogP contribution in [0.5, 0.6) is 0 Å². The predicted octanol–water partition coefficient (Wildman–Crippen LogP) is 4.62. The summed E-state index contributed by atoms with van der Waals surface area (Å²) < 4.78 is 2.05. The lowest BCUT2D eigenvalue weighted by Crippen LogP contribution is -1.90. The molecule has 0 radical (unpaired) electrons. The first-order valence-electron chi connectivity index (χ1n) is 7.77. The second kappa shape index (κ2) is 6.38. The van der Waals surface area contributed by atoms with Crippen LogP contribution in [0, 0.1) is 0 Å². The number of hydrogen-bond donors (Lipinski definition) is 1. The molecule has 0 spiro atoms. The molecule has 1 N–H and O–H groups in total. The second-order valence-corrected chi connectivity index (χ2v) is 5.39. The topological polar surface area (TPSA) is 46.0 Å². The molecule has 2 heterocycles. The van der Waals surface area contributed by atoms with Gasteiger partial charge in [-0.15, -0.1) is 0 Å². The molecule has 0 fully saturated rings. The molecule has 0 aliphatic carbocycles. The molecule has 2 aromatic carbocycles. The van der Waals surface area contributed by atoms with Gasteiger partial charge in [-0.25, -0.2) is 4.98 Å². The molecular formula is C20H16N4. The highest BCUT2D eigenvalue weighted by Gasteiger charge is 2.03. The maximum atomic E-state index is 4.62. The molecule has 4 aromatic rings. The Bertz CT molecular complexity index is 950. The molecule has 0 saturated carbocycles. The number of nitrogens with zero attached hydrogens (tertiary/aromatic N) is 3. The summed E-state index contributed by atoms with van der Waals surface area (Å²) in [6, 6.07) is 22.1. The van der Waals surface area contributed by atoms with Gasteiger partial charge in [-0.3, -0.25) is 4.99 Å². The van der Waals surface area contributed by atoms with Crippen LogP contribution in [-0.2, 0) is 0 Å². The first-order chi connectivity index (χ1) is 11.9. The summed E-state index contributed by atoms with van der Waals surface area (Å²) in [5.74, 6) is 0.843. The third-order valence-electron chi connectivity index (χ3n) is 3.75. The number of benzene rings is 2. The van der Waals surface area contributed by atoms with Crippen LogP contribution >= 0.6 is 0 Å². The zero-order valence-corrected chi connectivity index (χ0v) is 13.0. The highest BCUT2D eigenvalue weighted by molar-refractivity contribution is 5.81. The highest BCUT2D eigenvalue weighted by Crippen LogP contribution is 2.23. The van der Waals surface area contributed by atoms with E-state index in [-0.39, 0.29) is 0 Å². The number of H-pyrrole nitrogens is 1. The molecule has 116 valence electrons. The molecule has 4 heteroatoms. The summed E-state index contributed by atoms with van der Waals surface area (Å²) >= 11 is 0. The van der Waals surface area contributed by atoms with Crippen molar-refractivity contribution in [3.05, 3.63) is 91.0 Å². The molecule has 24 heavy (non-hydrogen) atoms. The molecule has 0 aliphatic rings. The molecule has 0 unspecified atom stereocenters. The Hall–Kier alpha value is -3.40. The van der Waals surface area contributed by atoms with Crippen molar-refractivity contribution in [2.45, 2.75) is 0 Å². The van der Waals surface area contributed by atoms with Gasteiger partial charge in [-0.2, -0.15) is 0 Å². The first-order valence-corrected chi connectivity index (χ1v) is 7.77. The van der Waals surface area contributed by atoms with Crippen LogP contribution in [0.1, 0.15) is 5.69 Å². The van der Waals surface area contributed by atoms with E-state index in [1.165, 1.54) is 0 Å². The second-order valence-electron chi connectivity index (χ2n) is 5.39. The van der Waals surface area contributed by atoms with Gasteiger partial charge in [0.05, 0.1) is 29.5 Å². The standard InChI is InChI=1S/C20H16N4/c1-2-8-16(9-3-1)20-22-15-17(23-20)14-21-18-10-4-5-11-19(18)24-12-6-7-13-24/h1-15H,(H,22,23). The zero-order chi connectivity index (χ0) is 16.2. The molecule has 4 nitrogen and oxygen atoms in total. The number of imidazole rings is 1. The summed E-state index contributed by atoms with van der Waals surface area (Å²) in [7, 11) is 0. The molecule has 2 aromatic heterocycles. The van der Waals surface area contributed by atoms with Gasteiger partial charge in [-0.05, 0) is 24.3 Å². The Labute approximate surface area is 140 Å². The van der Waals surface area contributed by atoms with Gasteiger partial charge in [0.1, 0.15) is 5.82 Å². The summed E-state index contributed by atoms with van der Waals surface area (Å²) in [5.41, 5.74) is 3.88. The van der Waals surface area contributed by atoms with Crippen molar-refractivity contribution in [2.75, 3.05) is 0 Å². The SMILES string of the molecule is C(=Nc1ccccc1-n1cccc1)c1cnc(-c2ccccc2)[nH]1. The van der Waals surface area contributed by atoms with Crippen LogP contribution in [0.2, 0.25) is 0 Å². The quantitative estimate of drug-likeness (QED) is 0.549. The number of aromatic nitrogens is 3. The minimum Gasteiger partial charge on any atom is -0.337 e. The Balaban J connectivity index is 1.62. The van der Waals surface area contributed by atoms with Gasteiger partial charge in [-0.1, -0.05) is 42.5 Å². The van der Waals surface area contributed by atoms with Gasteiger partial charge in [0.25, 0.3) is 0 Å². The van der Waals surface area contributed by atoms with Gasteiger partial charge >= 0.3 is 0 Å². The number of rotatable bonds is 4. The minimum atomic E-state index is 0.843. The van der Waals surface area contributed by atoms with Gasteiger partial charge < -0.3 is 9.55 Å². The third kappa shape index (κ3) is 2.90. The van der Waals surface area contributed by atoms with E-state index in [0.717, 1.165) is 28.5 Å². The van der Waals surface area contributed by atoms with Crippen molar-refractivity contribution >= 4 is 11.9 Å². The lowest BCUT2D eigenvalue weighted by Gasteiger charge is -2.06. The normalized spacial score (nSPS) is 11.2. The summed E-state index contributed by atoms with van der Waals surface area (Å²) in [6.07, 6.45) is 7.63. The van der Waals surface area contributed by atoms with Crippen LogP contribution < -0.4 is 0 Å². The van der Waals surface area contributed by atoms with Crippen LogP contribution in [0.3, 0.4) is 0 Å². The van der Waals surface area contributed by atoms with Crippen molar-refractivity contribution in [1.29, 1.82) is 0 Å². The highest BCUT2D eigenvalue weighted by atomic mass is 15.0. The molecular weight excluding hydrogens is 296 g/mol. The van der Waals surface area contributed by atoms with E-state index in [9.17, 15) is 0 Å². The molecule has 0 amide bonds. The Morgan fingerprint density at radius 3 is 2.46 bits per heavy atom. The largest absolute Gasteiger partial charge is 0.337 e. The number of para-hydroxylation sites is 2. The van der Waals surface area contributed by atoms with Gasteiger partial charge in [0.2, 0.25) is 0 Å². The zero-order valence-electron chi connectivity index (χ0n) is 13.0. The van der Waals surface area contributed by atoms with E-state index in [2.05, 4.69) is 25.6 Å². The third-order valence-corrected chi connectivity index (χ3v) is 3.75.